The van der Waals surface area contributed by atoms with Gasteiger partial charge in [-0.1, -0.05) is 0 Å². The third-order valence-corrected chi connectivity index (χ3v) is 2.85. The summed E-state index contributed by atoms with van der Waals surface area (Å²) in [6.45, 7) is 4.80. The molecule has 1 amide bonds. The van der Waals surface area contributed by atoms with E-state index in [1.807, 2.05) is 11.2 Å². The molecule has 0 saturated carbocycles. The number of carbonyl (C=O) groups excluding carboxylic acids is 1. The zero-order valence-electron chi connectivity index (χ0n) is 8.78. The number of hydrogen-bond acceptors (Lipinski definition) is 3. The first kappa shape index (κ1) is 14.1. The van der Waals surface area contributed by atoms with E-state index < -0.39 is 0 Å². The van der Waals surface area contributed by atoms with Crippen LogP contribution in [0.1, 0.15) is 13.3 Å². The van der Waals surface area contributed by atoms with Crippen molar-refractivity contribution in [2.24, 2.45) is 0 Å². The molecule has 0 radical (unpaired) electrons. The molecular formula is C9H19ClN2OS. The van der Waals surface area contributed by atoms with Gasteiger partial charge in [0.2, 0.25) is 5.91 Å². The van der Waals surface area contributed by atoms with Crippen LogP contribution < -0.4 is 5.32 Å². The van der Waals surface area contributed by atoms with E-state index >= 15 is 0 Å². The molecule has 14 heavy (non-hydrogen) atoms. The lowest BCUT2D eigenvalue weighted by Gasteiger charge is -2.31. The molecule has 3 nitrogen and oxygen atoms in total. The van der Waals surface area contributed by atoms with Crippen molar-refractivity contribution in [3.8, 4) is 0 Å². The van der Waals surface area contributed by atoms with Crippen LogP contribution in [0.2, 0.25) is 0 Å². The molecule has 0 aromatic rings. The maximum Gasteiger partial charge on any atom is 0.223 e. The van der Waals surface area contributed by atoms with E-state index in [0.29, 0.717) is 18.4 Å². The van der Waals surface area contributed by atoms with Crippen LogP contribution in [0.5, 0.6) is 0 Å². The number of carbonyl (C=O) groups is 1. The van der Waals surface area contributed by atoms with Gasteiger partial charge in [-0.3, -0.25) is 4.79 Å². The van der Waals surface area contributed by atoms with E-state index in [4.69, 9.17) is 0 Å². The molecule has 0 aliphatic carbocycles. The van der Waals surface area contributed by atoms with Gasteiger partial charge in [-0.05, 0) is 13.2 Å². The van der Waals surface area contributed by atoms with E-state index in [1.165, 1.54) is 0 Å². The van der Waals surface area contributed by atoms with Crippen LogP contribution in [0.3, 0.4) is 0 Å². The van der Waals surface area contributed by atoms with Gasteiger partial charge in [0.1, 0.15) is 0 Å². The lowest BCUT2D eigenvalue weighted by molar-refractivity contribution is -0.131. The fraction of sp³-hybridized carbons (Fsp3) is 0.889. The number of nitrogens with one attached hydrogen (secondary N) is 1. The van der Waals surface area contributed by atoms with Gasteiger partial charge in [0.15, 0.2) is 0 Å². The predicted molar refractivity (Wildman–Crippen MR) is 64.3 cm³/mol. The van der Waals surface area contributed by atoms with Crippen molar-refractivity contribution in [3.05, 3.63) is 0 Å². The lowest BCUT2D eigenvalue weighted by Crippen LogP contribution is -2.51. The summed E-state index contributed by atoms with van der Waals surface area (Å²) >= 11 is 1.73. The van der Waals surface area contributed by atoms with Crippen molar-refractivity contribution in [2.45, 2.75) is 19.4 Å². The molecule has 1 rings (SSSR count). The highest BCUT2D eigenvalue weighted by molar-refractivity contribution is 7.98. The van der Waals surface area contributed by atoms with Crippen molar-refractivity contribution in [3.63, 3.8) is 0 Å². The maximum atomic E-state index is 11.6. The Morgan fingerprint density at radius 2 is 2.36 bits per heavy atom. The molecule has 1 aliphatic heterocycles. The average Bonchev–Trinajstić information content (AvgIpc) is 2.14. The second-order valence-corrected chi connectivity index (χ2v) is 4.42. The minimum absolute atomic E-state index is 0. The highest BCUT2D eigenvalue weighted by atomic mass is 35.5. The van der Waals surface area contributed by atoms with E-state index in [-0.39, 0.29) is 12.4 Å². The van der Waals surface area contributed by atoms with Gasteiger partial charge in [-0.25, -0.2) is 0 Å². The van der Waals surface area contributed by atoms with Gasteiger partial charge in [0.05, 0.1) is 0 Å². The topological polar surface area (TPSA) is 32.3 Å². The molecular weight excluding hydrogens is 220 g/mol. The van der Waals surface area contributed by atoms with Gasteiger partial charge in [0, 0.05) is 37.8 Å². The average molecular weight is 239 g/mol. The number of piperazine rings is 1. The van der Waals surface area contributed by atoms with Gasteiger partial charge in [0.25, 0.3) is 0 Å². The molecule has 1 aliphatic rings. The van der Waals surface area contributed by atoms with Crippen LogP contribution >= 0.6 is 24.2 Å². The molecule has 1 N–H and O–H groups in total. The van der Waals surface area contributed by atoms with Crippen molar-refractivity contribution in [1.82, 2.24) is 10.2 Å². The monoisotopic (exact) mass is 238 g/mol. The summed E-state index contributed by atoms with van der Waals surface area (Å²) in [7, 11) is 0. The highest BCUT2D eigenvalue weighted by Gasteiger charge is 2.19. The van der Waals surface area contributed by atoms with Crippen molar-refractivity contribution >= 4 is 30.1 Å². The summed E-state index contributed by atoms with van der Waals surface area (Å²) in [5.41, 5.74) is 0. The number of halogens is 1. The van der Waals surface area contributed by atoms with Crippen LogP contribution in [0, 0.1) is 0 Å². The van der Waals surface area contributed by atoms with Crippen molar-refractivity contribution in [1.29, 1.82) is 0 Å². The minimum atomic E-state index is 0. The summed E-state index contributed by atoms with van der Waals surface area (Å²) in [4.78, 5) is 13.6. The highest BCUT2D eigenvalue weighted by Crippen LogP contribution is 2.04. The number of amides is 1. The zero-order valence-corrected chi connectivity index (χ0v) is 10.4. The Balaban J connectivity index is 0.00000169. The molecule has 0 bridgehead atoms. The normalized spacial score (nSPS) is 21.6. The first-order valence-corrected chi connectivity index (χ1v) is 6.13. The number of rotatable bonds is 3. The minimum Gasteiger partial charge on any atom is -0.340 e. The summed E-state index contributed by atoms with van der Waals surface area (Å²) < 4.78 is 0. The summed E-state index contributed by atoms with van der Waals surface area (Å²) in [6, 6.07) is 0.451. The summed E-state index contributed by atoms with van der Waals surface area (Å²) in [5, 5.41) is 3.32. The van der Waals surface area contributed by atoms with Crippen LogP contribution in [0.4, 0.5) is 0 Å². The lowest BCUT2D eigenvalue weighted by atomic mass is 10.2. The van der Waals surface area contributed by atoms with Gasteiger partial charge >= 0.3 is 0 Å². The third-order valence-electron chi connectivity index (χ3n) is 2.24. The van der Waals surface area contributed by atoms with E-state index in [0.717, 1.165) is 25.4 Å². The van der Waals surface area contributed by atoms with Gasteiger partial charge in [-0.2, -0.15) is 11.8 Å². The largest absolute Gasteiger partial charge is 0.340 e. The Kier molecular flexibility index (Phi) is 7.41. The third kappa shape index (κ3) is 4.53. The Hall–Kier alpha value is 0.0700. The Labute approximate surface area is 96.4 Å². The second kappa shape index (κ2) is 7.37. The molecule has 1 fully saturated rings. The SMILES string of the molecule is CSCCC(=O)N1CCNC(C)C1.Cl. The second-order valence-electron chi connectivity index (χ2n) is 3.44. The Bertz CT molecular complexity index is 180. The van der Waals surface area contributed by atoms with Crippen LogP contribution in [-0.2, 0) is 4.79 Å². The molecule has 1 atom stereocenters. The van der Waals surface area contributed by atoms with E-state index in [2.05, 4.69) is 12.2 Å². The van der Waals surface area contributed by atoms with Crippen LogP contribution in [0.25, 0.3) is 0 Å². The molecule has 0 aromatic heterocycles. The van der Waals surface area contributed by atoms with Gasteiger partial charge in [-0.15, -0.1) is 12.4 Å². The first-order valence-electron chi connectivity index (χ1n) is 4.74. The van der Waals surface area contributed by atoms with E-state index in [1.54, 1.807) is 11.8 Å². The molecule has 0 aromatic carbocycles. The zero-order chi connectivity index (χ0) is 9.68. The van der Waals surface area contributed by atoms with Crippen molar-refractivity contribution in [2.75, 3.05) is 31.6 Å². The molecule has 5 heteroatoms. The number of thioether (sulfide) groups is 1. The molecule has 84 valence electrons. The number of hydrogen-bond donors (Lipinski definition) is 1. The van der Waals surface area contributed by atoms with Crippen LogP contribution in [-0.4, -0.2) is 48.5 Å². The fourth-order valence-corrected chi connectivity index (χ4v) is 1.89. The quantitative estimate of drug-likeness (QED) is 0.796. The standard InChI is InChI=1S/C9H18N2OS.ClH/c1-8-7-11(5-4-10-8)9(12)3-6-13-2;/h8,10H,3-7H2,1-2H3;1H. The molecule has 1 saturated heterocycles. The predicted octanol–water partition coefficient (Wildman–Crippen LogP) is 0.982. The van der Waals surface area contributed by atoms with Crippen molar-refractivity contribution < 1.29 is 4.79 Å². The molecule has 0 spiro atoms. The number of nitrogens with zero attached hydrogens (tertiary/aromatic N) is 1. The van der Waals surface area contributed by atoms with Crippen LogP contribution in [0.15, 0.2) is 0 Å². The van der Waals surface area contributed by atoms with E-state index in [9.17, 15) is 4.79 Å². The summed E-state index contributed by atoms with van der Waals surface area (Å²) in [5.74, 6) is 1.25. The Morgan fingerprint density at radius 1 is 1.64 bits per heavy atom. The Morgan fingerprint density at radius 3 is 2.93 bits per heavy atom. The summed E-state index contributed by atoms with van der Waals surface area (Å²) in [6.07, 6.45) is 2.72. The fourth-order valence-electron chi connectivity index (χ4n) is 1.51. The molecule has 1 heterocycles. The maximum absolute atomic E-state index is 11.6. The van der Waals surface area contributed by atoms with Gasteiger partial charge < -0.3 is 10.2 Å². The first-order chi connectivity index (χ1) is 6.24. The molecule has 1 unspecified atom stereocenters. The smallest absolute Gasteiger partial charge is 0.223 e.